The van der Waals surface area contributed by atoms with E-state index < -0.39 is 0 Å². The van der Waals surface area contributed by atoms with E-state index in [0.717, 1.165) is 21.8 Å². The lowest BCUT2D eigenvalue weighted by Gasteiger charge is -2.02. The summed E-state index contributed by atoms with van der Waals surface area (Å²) in [6.45, 7) is 0.659. The number of anilines is 1. The van der Waals surface area contributed by atoms with Crippen molar-refractivity contribution in [3.05, 3.63) is 65.6 Å². The van der Waals surface area contributed by atoms with Crippen molar-refractivity contribution in [3.63, 3.8) is 0 Å². The second-order valence-electron chi connectivity index (χ2n) is 4.49. The zero-order chi connectivity index (χ0) is 13.9. The monoisotopic (exact) mass is 284 g/mol. The molecule has 0 radical (unpaired) electrons. The third-order valence-electron chi connectivity index (χ3n) is 3.00. The average molecular weight is 285 g/mol. The second-order valence-corrected chi connectivity index (χ2v) is 4.93. The summed E-state index contributed by atoms with van der Waals surface area (Å²) in [5.41, 5.74) is 9.55. The Balaban J connectivity index is 1.87. The smallest absolute Gasteiger partial charge is 0.115 e. The van der Waals surface area contributed by atoms with Gasteiger partial charge in [-0.25, -0.2) is 0 Å². The summed E-state index contributed by atoms with van der Waals surface area (Å²) < 4.78 is 1.83. The lowest BCUT2D eigenvalue weighted by Crippen LogP contribution is -2.00. The molecule has 20 heavy (non-hydrogen) atoms. The molecule has 4 nitrogen and oxygen atoms in total. The van der Waals surface area contributed by atoms with Crippen LogP contribution in [0.15, 0.2) is 55.0 Å². The van der Waals surface area contributed by atoms with Gasteiger partial charge in [0.1, 0.15) is 5.69 Å². The van der Waals surface area contributed by atoms with Gasteiger partial charge < -0.3 is 5.73 Å². The number of halogens is 1. The third-order valence-corrected chi connectivity index (χ3v) is 3.25. The predicted octanol–water partition coefficient (Wildman–Crippen LogP) is 3.23. The first-order valence-corrected chi connectivity index (χ1v) is 6.58. The van der Waals surface area contributed by atoms with Gasteiger partial charge in [0.25, 0.3) is 0 Å². The van der Waals surface area contributed by atoms with Gasteiger partial charge in [-0.15, -0.1) is 0 Å². The van der Waals surface area contributed by atoms with E-state index >= 15 is 0 Å². The van der Waals surface area contributed by atoms with Crippen LogP contribution in [0.4, 0.5) is 5.69 Å². The van der Waals surface area contributed by atoms with Crippen molar-refractivity contribution < 1.29 is 0 Å². The molecule has 0 aliphatic carbocycles. The molecule has 2 aromatic heterocycles. The number of rotatable bonds is 3. The van der Waals surface area contributed by atoms with Gasteiger partial charge in [0, 0.05) is 29.2 Å². The maximum atomic E-state index is 6.03. The van der Waals surface area contributed by atoms with Crippen molar-refractivity contribution in [2.75, 3.05) is 5.73 Å². The van der Waals surface area contributed by atoms with Crippen molar-refractivity contribution in [3.8, 4) is 11.3 Å². The van der Waals surface area contributed by atoms with E-state index in [9.17, 15) is 0 Å². The fourth-order valence-electron chi connectivity index (χ4n) is 2.03. The Morgan fingerprint density at radius 1 is 1.05 bits per heavy atom. The maximum absolute atomic E-state index is 6.03. The van der Waals surface area contributed by atoms with Crippen LogP contribution in [0.5, 0.6) is 0 Å². The number of hydrogen-bond acceptors (Lipinski definition) is 3. The molecule has 0 spiro atoms. The van der Waals surface area contributed by atoms with E-state index in [-0.39, 0.29) is 0 Å². The number of aromatic nitrogens is 3. The van der Waals surface area contributed by atoms with Crippen LogP contribution in [0.3, 0.4) is 0 Å². The Morgan fingerprint density at radius 2 is 1.75 bits per heavy atom. The Labute approximate surface area is 121 Å². The molecule has 3 rings (SSSR count). The minimum atomic E-state index is 0.658. The van der Waals surface area contributed by atoms with Gasteiger partial charge in [-0.05, 0) is 29.8 Å². The molecule has 1 aromatic carbocycles. The molecule has 3 aromatic rings. The zero-order valence-corrected chi connectivity index (χ0v) is 11.5. The average Bonchev–Trinajstić information content (AvgIpc) is 2.83. The van der Waals surface area contributed by atoms with Crippen molar-refractivity contribution in [1.82, 2.24) is 14.8 Å². The SMILES string of the molecule is Nc1cn(Cc2ccc(Cl)cc2)nc1-c1ccncc1. The van der Waals surface area contributed by atoms with Crippen LogP contribution in [0.2, 0.25) is 5.02 Å². The number of nitrogens with zero attached hydrogens (tertiary/aromatic N) is 3. The fourth-order valence-corrected chi connectivity index (χ4v) is 2.15. The van der Waals surface area contributed by atoms with Crippen LogP contribution in [0.25, 0.3) is 11.3 Å². The molecule has 0 bridgehead atoms. The Hall–Kier alpha value is -2.33. The number of pyridine rings is 1. The summed E-state index contributed by atoms with van der Waals surface area (Å²) in [5, 5.41) is 5.26. The predicted molar refractivity (Wildman–Crippen MR) is 80.4 cm³/mol. The first kappa shape index (κ1) is 12.7. The van der Waals surface area contributed by atoms with E-state index in [4.69, 9.17) is 17.3 Å². The largest absolute Gasteiger partial charge is 0.396 e. The molecule has 5 heteroatoms. The molecule has 0 fully saturated rings. The minimum absolute atomic E-state index is 0.658. The molecular formula is C15H13ClN4. The summed E-state index contributed by atoms with van der Waals surface area (Å²) in [5.74, 6) is 0. The standard InChI is InChI=1S/C15H13ClN4/c16-13-3-1-11(2-4-13)9-20-10-14(17)15(19-20)12-5-7-18-8-6-12/h1-8,10H,9,17H2. The molecule has 0 aliphatic rings. The molecule has 0 amide bonds. The summed E-state index contributed by atoms with van der Waals surface area (Å²) in [7, 11) is 0. The van der Waals surface area contributed by atoms with Crippen LogP contribution >= 0.6 is 11.6 Å². The van der Waals surface area contributed by atoms with Gasteiger partial charge in [-0.3, -0.25) is 9.67 Å². The van der Waals surface area contributed by atoms with E-state index in [1.54, 1.807) is 12.4 Å². The Morgan fingerprint density at radius 3 is 2.45 bits per heavy atom. The van der Waals surface area contributed by atoms with Crippen LogP contribution in [0.1, 0.15) is 5.56 Å². The molecular weight excluding hydrogens is 272 g/mol. The molecule has 2 heterocycles. The van der Waals surface area contributed by atoms with E-state index in [1.165, 1.54) is 0 Å². The van der Waals surface area contributed by atoms with Crippen LogP contribution in [0, 0.1) is 0 Å². The maximum Gasteiger partial charge on any atom is 0.115 e. The minimum Gasteiger partial charge on any atom is -0.396 e. The highest BCUT2D eigenvalue weighted by atomic mass is 35.5. The summed E-state index contributed by atoms with van der Waals surface area (Å²) >= 11 is 5.88. The summed E-state index contributed by atoms with van der Waals surface area (Å²) in [6, 6.07) is 11.5. The van der Waals surface area contributed by atoms with Gasteiger partial charge in [-0.2, -0.15) is 5.10 Å². The van der Waals surface area contributed by atoms with Gasteiger partial charge in [0.15, 0.2) is 0 Å². The number of hydrogen-bond donors (Lipinski definition) is 1. The quantitative estimate of drug-likeness (QED) is 0.803. The van der Waals surface area contributed by atoms with Crippen LogP contribution < -0.4 is 5.73 Å². The fraction of sp³-hybridized carbons (Fsp3) is 0.0667. The van der Waals surface area contributed by atoms with Crippen molar-refractivity contribution in [1.29, 1.82) is 0 Å². The molecule has 0 saturated carbocycles. The highest BCUT2D eigenvalue weighted by Gasteiger charge is 2.08. The van der Waals surface area contributed by atoms with E-state index in [1.807, 2.05) is 47.3 Å². The lowest BCUT2D eigenvalue weighted by molar-refractivity contribution is 0.689. The van der Waals surface area contributed by atoms with Crippen molar-refractivity contribution in [2.24, 2.45) is 0 Å². The summed E-state index contributed by atoms with van der Waals surface area (Å²) in [6.07, 6.45) is 5.30. The van der Waals surface area contributed by atoms with Crippen molar-refractivity contribution >= 4 is 17.3 Å². The van der Waals surface area contributed by atoms with Crippen molar-refractivity contribution in [2.45, 2.75) is 6.54 Å². The van der Waals surface area contributed by atoms with Gasteiger partial charge in [0.2, 0.25) is 0 Å². The summed E-state index contributed by atoms with van der Waals surface area (Å²) in [4.78, 5) is 4.00. The zero-order valence-electron chi connectivity index (χ0n) is 10.7. The molecule has 0 unspecified atom stereocenters. The van der Waals surface area contributed by atoms with E-state index in [2.05, 4.69) is 10.1 Å². The highest BCUT2D eigenvalue weighted by Crippen LogP contribution is 2.23. The number of benzene rings is 1. The molecule has 0 aliphatic heterocycles. The first-order chi connectivity index (χ1) is 9.72. The molecule has 0 atom stereocenters. The third kappa shape index (κ3) is 2.65. The second kappa shape index (κ2) is 5.35. The van der Waals surface area contributed by atoms with Gasteiger partial charge >= 0.3 is 0 Å². The molecule has 100 valence electrons. The first-order valence-electron chi connectivity index (χ1n) is 6.20. The van der Waals surface area contributed by atoms with E-state index in [0.29, 0.717) is 12.2 Å². The van der Waals surface area contributed by atoms with Gasteiger partial charge in [-0.1, -0.05) is 23.7 Å². The van der Waals surface area contributed by atoms with Crippen LogP contribution in [-0.4, -0.2) is 14.8 Å². The number of nitrogens with two attached hydrogens (primary N) is 1. The molecule has 2 N–H and O–H groups in total. The Bertz CT molecular complexity index is 704. The number of nitrogen functional groups attached to an aromatic ring is 1. The lowest BCUT2D eigenvalue weighted by atomic mass is 10.2. The van der Waals surface area contributed by atoms with Gasteiger partial charge in [0.05, 0.1) is 12.2 Å². The topological polar surface area (TPSA) is 56.7 Å². The highest BCUT2D eigenvalue weighted by molar-refractivity contribution is 6.30. The normalized spacial score (nSPS) is 10.7. The molecule has 0 saturated heterocycles. The Kier molecular flexibility index (Phi) is 3.39. The van der Waals surface area contributed by atoms with Crippen LogP contribution in [-0.2, 0) is 6.54 Å².